The van der Waals surface area contributed by atoms with E-state index >= 15 is 0 Å². The van der Waals surface area contributed by atoms with E-state index in [1.807, 2.05) is 30.3 Å². The van der Waals surface area contributed by atoms with Crippen molar-refractivity contribution in [2.45, 2.75) is 12.5 Å². The number of rotatable bonds is 6. The lowest BCUT2D eigenvalue weighted by Gasteiger charge is -2.35. The number of carbonyl (C=O) groups is 3. The van der Waals surface area contributed by atoms with Crippen LogP contribution in [0.25, 0.3) is 10.9 Å². The number of nitrogens with one attached hydrogen (secondary N) is 2. The number of hydrogen-bond donors (Lipinski definition) is 2. The number of quaternary nitrogens is 1. The van der Waals surface area contributed by atoms with Gasteiger partial charge in [-0.25, -0.2) is 0 Å². The lowest BCUT2D eigenvalue weighted by Crippen LogP contribution is -3.14. The van der Waals surface area contributed by atoms with Crippen LogP contribution >= 0.6 is 0 Å². The fourth-order valence-corrected chi connectivity index (χ4v) is 5.58. The molecule has 36 heavy (non-hydrogen) atoms. The summed E-state index contributed by atoms with van der Waals surface area (Å²) in [5, 5.41) is 0.827. The Bertz CT molecular complexity index is 1490. The Morgan fingerprint density at radius 3 is 2.50 bits per heavy atom. The second-order valence-electron chi connectivity index (χ2n) is 9.39. The van der Waals surface area contributed by atoms with Crippen LogP contribution in [0.5, 0.6) is 5.75 Å². The molecule has 0 fully saturated rings. The number of aromatic amines is 1. The average molecular weight is 481 g/mol. The van der Waals surface area contributed by atoms with E-state index < -0.39 is 0 Å². The molecule has 7 heteroatoms. The molecule has 180 valence electrons. The molecule has 4 aromatic rings. The van der Waals surface area contributed by atoms with E-state index in [9.17, 15) is 14.4 Å². The number of imide groups is 1. The van der Waals surface area contributed by atoms with Gasteiger partial charge in [0.05, 0.1) is 31.3 Å². The summed E-state index contributed by atoms with van der Waals surface area (Å²) in [5.41, 5.74) is 4.67. The molecule has 2 atom stereocenters. The summed E-state index contributed by atoms with van der Waals surface area (Å²) in [5.74, 6) is 0.163. The summed E-state index contributed by atoms with van der Waals surface area (Å²) in [7, 11) is 1.61. The molecule has 3 heterocycles. The molecule has 3 aromatic carbocycles. The van der Waals surface area contributed by atoms with Gasteiger partial charge in [-0.15, -0.1) is 0 Å². The Morgan fingerprint density at radius 2 is 1.75 bits per heavy atom. The first-order valence-electron chi connectivity index (χ1n) is 12.1. The third-order valence-corrected chi connectivity index (χ3v) is 7.46. The smallest absolute Gasteiger partial charge is 0.261 e. The van der Waals surface area contributed by atoms with Crippen LogP contribution in [0, 0.1) is 0 Å². The van der Waals surface area contributed by atoms with Crippen LogP contribution < -0.4 is 9.64 Å². The summed E-state index contributed by atoms with van der Waals surface area (Å²) in [4.78, 5) is 45.4. The number of H-pyrrole nitrogens is 1. The number of benzene rings is 3. The highest BCUT2D eigenvalue weighted by Gasteiger charge is 2.41. The largest absolute Gasteiger partial charge is 0.497 e. The SMILES string of the molecule is COc1ccc2[nH]cc(C(=O)C[NH+]3CCc4ccccc4[C@@H]3CN3C(=O)c4ccccc4C3=O)c2c1. The van der Waals surface area contributed by atoms with Crippen LogP contribution in [0.1, 0.15) is 48.2 Å². The van der Waals surface area contributed by atoms with Gasteiger partial charge >= 0.3 is 0 Å². The van der Waals surface area contributed by atoms with Crippen LogP contribution in [0.15, 0.2) is 72.9 Å². The Kier molecular flexibility index (Phi) is 5.42. The molecule has 0 bridgehead atoms. The number of nitrogens with zero attached hydrogens (tertiary/aromatic N) is 1. The highest BCUT2D eigenvalue weighted by atomic mass is 16.5. The number of fused-ring (bicyclic) bond motifs is 3. The number of ether oxygens (including phenoxy) is 1. The maximum absolute atomic E-state index is 13.6. The van der Waals surface area contributed by atoms with Crippen molar-refractivity contribution in [1.82, 2.24) is 9.88 Å². The van der Waals surface area contributed by atoms with Crippen molar-refractivity contribution in [2.24, 2.45) is 0 Å². The van der Waals surface area contributed by atoms with Gasteiger partial charge in [-0.1, -0.05) is 36.4 Å². The maximum Gasteiger partial charge on any atom is 0.261 e. The number of aromatic nitrogens is 1. The molecular weight excluding hydrogens is 454 g/mol. The molecular formula is C29H26N3O4+. The molecule has 2 N–H and O–H groups in total. The highest BCUT2D eigenvalue weighted by molar-refractivity contribution is 6.21. The molecule has 0 saturated carbocycles. The first-order chi connectivity index (χ1) is 17.5. The summed E-state index contributed by atoms with van der Waals surface area (Å²) in [6.07, 6.45) is 2.59. The first-order valence-corrected chi connectivity index (χ1v) is 12.1. The van der Waals surface area contributed by atoms with Crippen molar-refractivity contribution in [1.29, 1.82) is 0 Å². The van der Waals surface area contributed by atoms with Crippen molar-refractivity contribution in [2.75, 3.05) is 26.7 Å². The van der Waals surface area contributed by atoms with E-state index in [-0.39, 0.29) is 36.7 Å². The second-order valence-corrected chi connectivity index (χ2v) is 9.39. The molecule has 0 aliphatic carbocycles. The van der Waals surface area contributed by atoms with Gasteiger partial charge in [0.25, 0.3) is 11.8 Å². The maximum atomic E-state index is 13.6. The van der Waals surface area contributed by atoms with E-state index in [4.69, 9.17) is 4.74 Å². The monoisotopic (exact) mass is 480 g/mol. The molecule has 6 rings (SSSR count). The van der Waals surface area contributed by atoms with Crippen molar-refractivity contribution in [3.63, 3.8) is 0 Å². The number of carbonyl (C=O) groups excluding carboxylic acids is 3. The van der Waals surface area contributed by atoms with E-state index in [0.717, 1.165) is 34.3 Å². The number of Topliss-reactive ketones (excluding diaryl/α,β-unsaturated/α-hetero) is 1. The molecule has 7 nitrogen and oxygen atoms in total. The molecule has 2 amide bonds. The zero-order chi connectivity index (χ0) is 24.8. The zero-order valence-electron chi connectivity index (χ0n) is 19.9. The predicted molar refractivity (Wildman–Crippen MR) is 135 cm³/mol. The van der Waals surface area contributed by atoms with Gasteiger partial charge in [0.2, 0.25) is 5.78 Å². The third kappa shape index (κ3) is 3.60. The highest BCUT2D eigenvalue weighted by Crippen LogP contribution is 2.28. The quantitative estimate of drug-likeness (QED) is 0.328. The Balaban J connectivity index is 1.32. The number of ketones is 1. The van der Waals surface area contributed by atoms with E-state index in [0.29, 0.717) is 22.4 Å². The van der Waals surface area contributed by atoms with Crippen molar-refractivity contribution in [3.8, 4) is 5.75 Å². The van der Waals surface area contributed by atoms with Crippen LogP contribution in [0.3, 0.4) is 0 Å². The average Bonchev–Trinajstić information content (AvgIpc) is 3.44. The Hall–Kier alpha value is -4.23. The molecule has 0 spiro atoms. The van der Waals surface area contributed by atoms with Crippen LogP contribution in [-0.4, -0.2) is 54.2 Å². The molecule has 1 aromatic heterocycles. The van der Waals surface area contributed by atoms with Crippen LogP contribution in [-0.2, 0) is 6.42 Å². The van der Waals surface area contributed by atoms with E-state index in [1.54, 1.807) is 37.6 Å². The molecule has 0 saturated heterocycles. The Morgan fingerprint density at radius 1 is 1.03 bits per heavy atom. The summed E-state index contributed by atoms with van der Waals surface area (Å²) < 4.78 is 5.35. The van der Waals surface area contributed by atoms with E-state index in [1.165, 1.54) is 10.5 Å². The zero-order valence-corrected chi connectivity index (χ0v) is 19.9. The van der Waals surface area contributed by atoms with Gasteiger partial charge in [0.15, 0.2) is 0 Å². The lowest BCUT2D eigenvalue weighted by atomic mass is 9.91. The normalized spacial score (nSPS) is 18.9. The molecule has 2 aliphatic heterocycles. The van der Waals surface area contributed by atoms with Gasteiger partial charge in [-0.05, 0) is 35.9 Å². The summed E-state index contributed by atoms with van der Waals surface area (Å²) in [6, 6.07) is 20.5. The topological polar surface area (TPSA) is 83.9 Å². The van der Waals surface area contributed by atoms with Crippen molar-refractivity contribution >= 4 is 28.5 Å². The van der Waals surface area contributed by atoms with Crippen LogP contribution in [0.2, 0.25) is 0 Å². The van der Waals surface area contributed by atoms with Crippen molar-refractivity contribution < 1.29 is 24.0 Å². The predicted octanol–water partition coefficient (Wildman–Crippen LogP) is 2.84. The Labute approximate surface area is 208 Å². The minimum Gasteiger partial charge on any atom is -0.497 e. The minimum absolute atomic E-state index is 0.0104. The van der Waals surface area contributed by atoms with Crippen molar-refractivity contribution in [3.05, 3.63) is 101 Å². The number of hydrogen-bond acceptors (Lipinski definition) is 4. The number of amides is 2. The van der Waals surface area contributed by atoms with Gasteiger partial charge < -0.3 is 14.6 Å². The van der Waals surface area contributed by atoms with Gasteiger partial charge in [-0.3, -0.25) is 19.3 Å². The number of methoxy groups -OCH3 is 1. The minimum atomic E-state index is -0.270. The van der Waals surface area contributed by atoms with Gasteiger partial charge in [0.1, 0.15) is 18.3 Å². The second kappa shape index (κ2) is 8.77. The fourth-order valence-electron chi connectivity index (χ4n) is 5.58. The van der Waals surface area contributed by atoms with Crippen LogP contribution in [0.4, 0.5) is 0 Å². The fraction of sp³-hybridized carbons (Fsp3) is 0.207. The lowest BCUT2D eigenvalue weighted by molar-refractivity contribution is -0.925. The molecule has 2 aliphatic rings. The summed E-state index contributed by atoms with van der Waals surface area (Å²) in [6.45, 7) is 1.22. The standard InChI is InChI=1S/C29H25N3O4/c1-36-19-10-11-25-23(14-19)24(15-30-25)27(33)17-31-13-12-18-6-2-3-7-20(18)26(31)16-32-28(34)21-8-4-5-9-22(21)29(32)35/h2-11,14-15,26,30H,12-13,16-17H2,1H3/p+1/t26-/m0/s1. The van der Waals surface area contributed by atoms with Gasteiger partial charge in [-0.2, -0.15) is 0 Å². The molecule has 0 radical (unpaired) electrons. The van der Waals surface area contributed by atoms with E-state index in [2.05, 4.69) is 17.1 Å². The third-order valence-electron chi connectivity index (χ3n) is 7.46. The molecule has 1 unspecified atom stereocenters. The summed E-state index contributed by atoms with van der Waals surface area (Å²) >= 11 is 0. The first kappa shape index (κ1) is 22.2. The van der Waals surface area contributed by atoms with Gasteiger partial charge in [0, 0.05) is 34.6 Å².